The number of aromatic nitrogens is 1. The van der Waals surface area contributed by atoms with Gasteiger partial charge in [-0.25, -0.2) is 9.37 Å². The molecule has 5 nitrogen and oxygen atoms in total. The van der Waals surface area contributed by atoms with Crippen LogP contribution in [0.25, 0.3) is 0 Å². The Hall–Kier alpha value is -2.89. The fraction of sp³-hybridized carbons (Fsp3) is 0.300. The number of ether oxygens (including phenoxy) is 1. The van der Waals surface area contributed by atoms with Crippen LogP contribution in [0, 0.1) is 5.82 Å². The largest absolute Gasteiger partial charge is 0.484 e. The quantitative estimate of drug-likeness (QED) is 0.731. The molecule has 26 heavy (non-hydrogen) atoms. The predicted octanol–water partition coefficient (Wildman–Crippen LogP) is 4.13. The van der Waals surface area contributed by atoms with Crippen molar-refractivity contribution in [1.29, 1.82) is 0 Å². The van der Waals surface area contributed by atoms with E-state index in [-0.39, 0.29) is 42.0 Å². The molecule has 1 aromatic carbocycles. The summed E-state index contributed by atoms with van der Waals surface area (Å²) in [6.07, 6.45) is 8.75. The Morgan fingerprint density at radius 1 is 1.54 bits per heavy atom. The van der Waals surface area contributed by atoms with Crippen molar-refractivity contribution < 1.29 is 18.3 Å². The molecule has 0 spiro atoms. The van der Waals surface area contributed by atoms with E-state index in [0.29, 0.717) is 12.2 Å². The van der Waals surface area contributed by atoms with Gasteiger partial charge in [0.1, 0.15) is 17.8 Å². The number of nitrogens with zero attached hydrogens (tertiary/aromatic N) is 2. The molecule has 0 fully saturated rings. The van der Waals surface area contributed by atoms with Gasteiger partial charge >= 0.3 is 0 Å². The van der Waals surface area contributed by atoms with Crippen molar-refractivity contribution in [2.24, 2.45) is 0 Å². The van der Waals surface area contributed by atoms with E-state index >= 15 is 0 Å². The average Bonchev–Trinajstić information content (AvgIpc) is 3.09. The van der Waals surface area contributed by atoms with E-state index in [1.165, 1.54) is 18.4 Å². The molecular formula is C20H21FN2O3. The maximum atomic E-state index is 13.2. The van der Waals surface area contributed by atoms with E-state index in [2.05, 4.69) is 17.6 Å². The second-order valence-corrected chi connectivity index (χ2v) is 6.17. The van der Waals surface area contributed by atoms with Crippen molar-refractivity contribution in [3.8, 4) is 5.75 Å². The Kier molecular flexibility index (Phi) is 5.51. The Balaban J connectivity index is 1.69. The van der Waals surface area contributed by atoms with E-state index < -0.39 is 0 Å². The second kappa shape index (κ2) is 7.99. The molecule has 2 heterocycles. The monoisotopic (exact) mass is 356 g/mol. The summed E-state index contributed by atoms with van der Waals surface area (Å²) in [5, 5.41) is 0. The second-order valence-electron chi connectivity index (χ2n) is 6.17. The normalized spacial score (nSPS) is 19.4. The van der Waals surface area contributed by atoms with Crippen LogP contribution in [-0.4, -0.2) is 27.9 Å². The molecule has 6 heteroatoms. The number of carbonyl (C=O) groups excluding carboxylic acids is 1. The molecule has 2 aromatic rings. The van der Waals surface area contributed by atoms with Gasteiger partial charge in [-0.15, -0.1) is 6.58 Å². The lowest BCUT2D eigenvalue weighted by atomic mass is 10.00. The van der Waals surface area contributed by atoms with Gasteiger partial charge in [0, 0.05) is 18.2 Å². The lowest BCUT2D eigenvalue weighted by Gasteiger charge is -2.36. The first-order valence-corrected chi connectivity index (χ1v) is 8.51. The highest BCUT2D eigenvalue weighted by atomic mass is 19.1. The zero-order valence-corrected chi connectivity index (χ0v) is 14.6. The van der Waals surface area contributed by atoms with E-state index in [1.807, 2.05) is 19.1 Å². The van der Waals surface area contributed by atoms with E-state index in [9.17, 15) is 9.18 Å². The first kappa shape index (κ1) is 17.9. The maximum Gasteiger partial charge on any atom is 0.276 e. The van der Waals surface area contributed by atoms with Crippen molar-refractivity contribution in [2.75, 3.05) is 0 Å². The van der Waals surface area contributed by atoms with Crippen LogP contribution in [-0.2, 0) is 6.61 Å². The van der Waals surface area contributed by atoms with Crippen molar-refractivity contribution >= 4 is 5.91 Å². The van der Waals surface area contributed by atoms with Gasteiger partial charge in [0.25, 0.3) is 5.91 Å². The lowest BCUT2D eigenvalue weighted by molar-refractivity contribution is 0.0616. The standard InChI is InChI=1S/C20H21FN2O3/c1-3-6-16-9-4-7-14(2)23(16)20(24)18-12-26-19(22-18)13-25-17-10-5-8-15(21)11-17/h3-5,7-8,10-12,14,16H,1,6,9,13H2,2H3/t14-,16-/m1/s1. The molecule has 0 bridgehead atoms. The zero-order chi connectivity index (χ0) is 18.5. The van der Waals surface area contributed by atoms with Gasteiger partial charge in [-0.2, -0.15) is 0 Å². The topological polar surface area (TPSA) is 55.6 Å². The van der Waals surface area contributed by atoms with Gasteiger partial charge in [-0.3, -0.25) is 4.79 Å². The predicted molar refractivity (Wildman–Crippen MR) is 95.2 cm³/mol. The number of halogens is 1. The fourth-order valence-corrected chi connectivity index (χ4v) is 3.03. The van der Waals surface area contributed by atoms with Crippen LogP contribution >= 0.6 is 0 Å². The molecule has 0 aliphatic carbocycles. The zero-order valence-electron chi connectivity index (χ0n) is 14.6. The van der Waals surface area contributed by atoms with Crippen LogP contribution < -0.4 is 4.74 Å². The highest BCUT2D eigenvalue weighted by molar-refractivity contribution is 5.92. The van der Waals surface area contributed by atoms with Gasteiger partial charge in [-0.1, -0.05) is 24.3 Å². The van der Waals surface area contributed by atoms with Crippen molar-refractivity contribution in [2.45, 2.75) is 38.5 Å². The van der Waals surface area contributed by atoms with Gasteiger partial charge < -0.3 is 14.1 Å². The number of oxazole rings is 1. The van der Waals surface area contributed by atoms with Crippen molar-refractivity contribution in [3.63, 3.8) is 0 Å². The number of amides is 1. The van der Waals surface area contributed by atoms with Gasteiger partial charge in [0.2, 0.25) is 5.89 Å². The molecule has 1 amide bonds. The minimum atomic E-state index is -0.383. The van der Waals surface area contributed by atoms with Crippen LogP contribution in [0.1, 0.15) is 36.1 Å². The smallest absolute Gasteiger partial charge is 0.276 e. The third-order valence-corrected chi connectivity index (χ3v) is 4.26. The molecule has 0 unspecified atom stereocenters. The summed E-state index contributed by atoms with van der Waals surface area (Å²) in [6, 6.07) is 5.84. The minimum Gasteiger partial charge on any atom is -0.484 e. The first-order valence-electron chi connectivity index (χ1n) is 8.51. The molecule has 1 aromatic heterocycles. The third kappa shape index (κ3) is 4.02. The van der Waals surface area contributed by atoms with E-state index in [0.717, 1.165) is 6.42 Å². The molecule has 0 radical (unpaired) electrons. The summed E-state index contributed by atoms with van der Waals surface area (Å²) in [7, 11) is 0. The summed E-state index contributed by atoms with van der Waals surface area (Å²) < 4.78 is 24.0. The summed E-state index contributed by atoms with van der Waals surface area (Å²) >= 11 is 0. The van der Waals surface area contributed by atoms with Gasteiger partial charge in [0.15, 0.2) is 12.3 Å². The summed E-state index contributed by atoms with van der Waals surface area (Å²) in [6.45, 7) is 5.76. The Morgan fingerprint density at radius 2 is 2.38 bits per heavy atom. The summed E-state index contributed by atoms with van der Waals surface area (Å²) in [4.78, 5) is 18.9. The summed E-state index contributed by atoms with van der Waals surface area (Å²) in [5.74, 6) is 0.0654. The number of benzene rings is 1. The number of rotatable bonds is 6. The Bertz CT molecular complexity index is 815. The van der Waals surface area contributed by atoms with E-state index in [1.54, 1.807) is 17.0 Å². The molecular weight excluding hydrogens is 335 g/mol. The highest BCUT2D eigenvalue weighted by Gasteiger charge is 2.30. The van der Waals surface area contributed by atoms with E-state index in [4.69, 9.17) is 9.15 Å². The number of carbonyl (C=O) groups is 1. The van der Waals surface area contributed by atoms with Crippen molar-refractivity contribution in [3.05, 3.63) is 72.7 Å². The minimum absolute atomic E-state index is 0.0161. The first-order chi connectivity index (χ1) is 12.6. The Labute approximate surface area is 151 Å². The Morgan fingerprint density at radius 3 is 3.15 bits per heavy atom. The van der Waals surface area contributed by atoms with Gasteiger partial charge in [-0.05, 0) is 31.9 Å². The molecule has 0 N–H and O–H groups in total. The van der Waals surface area contributed by atoms with Crippen LogP contribution in [0.5, 0.6) is 5.75 Å². The molecule has 0 saturated heterocycles. The lowest BCUT2D eigenvalue weighted by Crippen LogP contribution is -2.47. The molecule has 2 atom stereocenters. The molecule has 3 rings (SSSR count). The third-order valence-electron chi connectivity index (χ3n) is 4.26. The highest BCUT2D eigenvalue weighted by Crippen LogP contribution is 2.23. The van der Waals surface area contributed by atoms with Crippen LogP contribution in [0.4, 0.5) is 4.39 Å². The maximum absolute atomic E-state index is 13.2. The SMILES string of the molecule is C=CC[C@@H]1CC=C[C@@H](C)N1C(=O)c1coc(COc2cccc(F)c2)n1. The van der Waals surface area contributed by atoms with Crippen molar-refractivity contribution in [1.82, 2.24) is 9.88 Å². The molecule has 1 aliphatic rings. The van der Waals surface area contributed by atoms with Crippen LogP contribution in [0.15, 0.2) is 59.8 Å². The molecule has 1 aliphatic heterocycles. The molecule has 0 saturated carbocycles. The fourth-order valence-electron chi connectivity index (χ4n) is 3.03. The van der Waals surface area contributed by atoms with Crippen LogP contribution in [0.2, 0.25) is 0 Å². The average molecular weight is 356 g/mol. The van der Waals surface area contributed by atoms with Gasteiger partial charge in [0.05, 0.1) is 0 Å². The molecule has 136 valence electrons. The summed E-state index contributed by atoms with van der Waals surface area (Å²) in [5.41, 5.74) is 0.235. The number of hydrogen-bond donors (Lipinski definition) is 0. The van der Waals surface area contributed by atoms with Crippen LogP contribution in [0.3, 0.4) is 0 Å². The number of hydrogen-bond acceptors (Lipinski definition) is 4.